The Morgan fingerprint density at radius 3 is 0.894 bits per heavy atom. The SMILES string of the molecule is CCCCCCCCCCCCCCCCCCOc1ccc(C(CC)(CCCCCCCCCCCCCCCC)C(=O)O)cc1OCCCCCCCCCCCCCCCCCC. The Kier molecular flexibility index (Phi) is 45.6. The van der Waals surface area contributed by atoms with E-state index in [-0.39, 0.29) is 0 Å². The van der Waals surface area contributed by atoms with Gasteiger partial charge in [0.15, 0.2) is 11.5 Å². The van der Waals surface area contributed by atoms with Crippen molar-refractivity contribution >= 4 is 5.97 Å². The van der Waals surface area contributed by atoms with Gasteiger partial charge in [-0.15, -0.1) is 0 Å². The molecule has 0 fully saturated rings. The zero-order chi connectivity index (χ0) is 47.7. The summed E-state index contributed by atoms with van der Waals surface area (Å²) in [6, 6.07) is 6.09. The normalized spacial score (nSPS) is 12.5. The highest BCUT2D eigenvalue weighted by Crippen LogP contribution is 2.39. The molecule has 66 heavy (non-hydrogen) atoms. The van der Waals surface area contributed by atoms with Gasteiger partial charge in [-0.05, 0) is 43.4 Å². The second-order valence-electron chi connectivity index (χ2n) is 21.1. The zero-order valence-electron chi connectivity index (χ0n) is 45.3. The lowest BCUT2D eigenvalue weighted by atomic mass is 9.74. The number of hydrogen-bond acceptors (Lipinski definition) is 3. The number of carbonyl (C=O) groups is 1. The predicted octanol–water partition coefficient (Wildman–Crippen LogP) is 21.6. The third-order valence-electron chi connectivity index (χ3n) is 15.0. The predicted molar refractivity (Wildman–Crippen MR) is 291 cm³/mol. The first-order valence-corrected chi connectivity index (χ1v) is 30.2. The highest BCUT2D eigenvalue weighted by Gasteiger charge is 2.38. The maximum absolute atomic E-state index is 13.1. The van der Waals surface area contributed by atoms with Crippen molar-refractivity contribution in [3.63, 3.8) is 0 Å². The first kappa shape index (κ1) is 62.3. The molecule has 1 rings (SSSR count). The van der Waals surface area contributed by atoms with Gasteiger partial charge in [-0.3, -0.25) is 4.79 Å². The second kappa shape index (κ2) is 48.3. The highest BCUT2D eigenvalue weighted by atomic mass is 16.5. The van der Waals surface area contributed by atoms with Gasteiger partial charge >= 0.3 is 5.97 Å². The molecule has 1 aromatic carbocycles. The number of benzene rings is 1. The lowest BCUT2D eigenvalue weighted by Crippen LogP contribution is -2.35. The topological polar surface area (TPSA) is 55.8 Å². The molecule has 0 aliphatic heterocycles. The summed E-state index contributed by atoms with van der Waals surface area (Å²) >= 11 is 0. The summed E-state index contributed by atoms with van der Waals surface area (Å²) in [6.07, 6.45) is 62.9. The Balaban J connectivity index is 2.55. The summed E-state index contributed by atoms with van der Waals surface area (Å²) in [4.78, 5) is 13.1. The fourth-order valence-electron chi connectivity index (χ4n) is 10.2. The number of rotatable bonds is 54. The van der Waals surface area contributed by atoms with Crippen LogP contribution in [0.1, 0.15) is 341 Å². The van der Waals surface area contributed by atoms with E-state index in [0.29, 0.717) is 26.1 Å². The van der Waals surface area contributed by atoms with Crippen LogP contribution in [0.15, 0.2) is 18.2 Å². The van der Waals surface area contributed by atoms with E-state index >= 15 is 0 Å². The smallest absolute Gasteiger partial charge is 0.314 e. The molecule has 0 saturated heterocycles. The molecular formula is C62H116O4. The van der Waals surface area contributed by atoms with Crippen LogP contribution >= 0.6 is 0 Å². The van der Waals surface area contributed by atoms with E-state index in [1.54, 1.807) is 0 Å². The average Bonchev–Trinajstić information content (AvgIpc) is 3.32. The minimum absolute atomic E-state index is 0.582. The Bertz CT molecular complexity index is 1150. The van der Waals surface area contributed by atoms with Crippen LogP contribution in [0.3, 0.4) is 0 Å². The molecule has 4 nitrogen and oxygen atoms in total. The molecule has 0 bridgehead atoms. The van der Waals surface area contributed by atoms with Crippen molar-refractivity contribution in [2.24, 2.45) is 0 Å². The largest absolute Gasteiger partial charge is 0.490 e. The number of aliphatic carboxylic acids is 1. The van der Waals surface area contributed by atoms with Crippen LogP contribution in [0.25, 0.3) is 0 Å². The third kappa shape index (κ3) is 35.4. The molecule has 0 spiro atoms. The van der Waals surface area contributed by atoms with Crippen molar-refractivity contribution in [2.45, 2.75) is 341 Å². The van der Waals surface area contributed by atoms with Gasteiger partial charge in [-0.25, -0.2) is 0 Å². The molecule has 0 aliphatic rings. The molecule has 388 valence electrons. The van der Waals surface area contributed by atoms with Crippen molar-refractivity contribution in [1.82, 2.24) is 0 Å². The van der Waals surface area contributed by atoms with Gasteiger partial charge in [0.2, 0.25) is 0 Å². The quantitative estimate of drug-likeness (QED) is 0.0662. The second-order valence-corrected chi connectivity index (χ2v) is 21.1. The lowest BCUT2D eigenvalue weighted by Gasteiger charge is -2.30. The van der Waals surface area contributed by atoms with Crippen LogP contribution in [-0.4, -0.2) is 24.3 Å². The van der Waals surface area contributed by atoms with Crippen LogP contribution in [0.4, 0.5) is 0 Å². The Hall–Kier alpha value is -1.71. The summed E-state index contributed by atoms with van der Waals surface area (Å²) in [5.41, 5.74) is -0.0143. The Morgan fingerprint density at radius 2 is 0.621 bits per heavy atom. The summed E-state index contributed by atoms with van der Waals surface area (Å²) < 4.78 is 12.9. The molecule has 0 saturated carbocycles. The van der Waals surface area contributed by atoms with E-state index < -0.39 is 11.4 Å². The molecule has 0 heterocycles. The highest BCUT2D eigenvalue weighted by molar-refractivity contribution is 5.81. The van der Waals surface area contributed by atoms with Crippen LogP contribution in [0, 0.1) is 0 Å². The van der Waals surface area contributed by atoms with Gasteiger partial charge in [0.05, 0.1) is 18.6 Å². The van der Waals surface area contributed by atoms with Crippen LogP contribution in [0.5, 0.6) is 11.5 Å². The van der Waals surface area contributed by atoms with E-state index in [0.717, 1.165) is 42.7 Å². The number of carboxylic acids is 1. The maximum atomic E-state index is 13.1. The van der Waals surface area contributed by atoms with E-state index in [2.05, 4.69) is 27.7 Å². The summed E-state index contributed by atoms with van der Waals surface area (Å²) in [6.45, 7) is 10.3. The van der Waals surface area contributed by atoms with Crippen molar-refractivity contribution < 1.29 is 19.4 Å². The molecule has 1 atom stereocenters. The molecular weight excluding hydrogens is 809 g/mol. The minimum atomic E-state index is -0.893. The summed E-state index contributed by atoms with van der Waals surface area (Å²) in [7, 11) is 0. The molecule has 0 amide bonds. The summed E-state index contributed by atoms with van der Waals surface area (Å²) in [5, 5.41) is 10.8. The maximum Gasteiger partial charge on any atom is 0.314 e. The van der Waals surface area contributed by atoms with Crippen molar-refractivity contribution in [1.29, 1.82) is 0 Å². The monoisotopic (exact) mass is 925 g/mol. The first-order chi connectivity index (χ1) is 32.6. The standard InChI is InChI=1S/C62H116O4/c1-5-9-12-15-18-21-24-27-30-32-35-38-41-44-47-50-55-65-59-53-52-58(57-60(59)66-56-51-48-45-42-39-36-33-31-28-25-22-19-16-13-10-6-2)62(8-4,61(63)64)54-49-46-43-40-37-34-29-26-23-20-17-14-11-7-3/h52-53,57H,5-51,54-56H2,1-4H3,(H,63,64). The van der Waals surface area contributed by atoms with Gasteiger partial charge in [0.1, 0.15) is 0 Å². The van der Waals surface area contributed by atoms with Crippen molar-refractivity contribution in [3.8, 4) is 11.5 Å². The van der Waals surface area contributed by atoms with Crippen molar-refractivity contribution in [2.75, 3.05) is 13.2 Å². The molecule has 1 N–H and O–H groups in total. The molecule has 0 aromatic heterocycles. The Labute approximate surface area is 413 Å². The number of ether oxygens (including phenoxy) is 2. The van der Waals surface area contributed by atoms with E-state index in [9.17, 15) is 9.90 Å². The van der Waals surface area contributed by atoms with E-state index in [1.807, 2.05) is 18.2 Å². The lowest BCUT2D eigenvalue weighted by molar-refractivity contribution is -0.144. The third-order valence-corrected chi connectivity index (χ3v) is 15.0. The molecule has 0 radical (unpaired) electrons. The van der Waals surface area contributed by atoms with Crippen LogP contribution < -0.4 is 9.47 Å². The zero-order valence-corrected chi connectivity index (χ0v) is 45.3. The average molecular weight is 926 g/mol. The van der Waals surface area contributed by atoms with Crippen LogP contribution in [0.2, 0.25) is 0 Å². The molecule has 0 aliphatic carbocycles. The first-order valence-electron chi connectivity index (χ1n) is 30.2. The molecule has 1 unspecified atom stereocenters. The summed E-state index contributed by atoms with van der Waals surface area (Å²) in [5.74, 6) is 0.818. The number of unbranched alkanes of at least 4 members (excludes halogenated alkanes) is 43. The fourth-order valence-corrected chi connectivity index (χ4v) is 10.2. The number of carboxylic acid groups (broad SMARTS) is 1. The van der Waals surface area contributed by atoms with Gasteiger partial charge in [0.25, 0.3) is 0 Å². The van der Waals surface area contributed by atoms with Gasteiger partial charge in [-0.2, -0.15) is 0 Å². The minimum Gasteiger partial charge on any atom is -0.490 e. The van der Waals surface area contributed by atoms with Gasteiger partial charge in [-0.1, -0.05) is 316 Å². The number of hydrogen-bond donors (Lipinski definition) is 1. The fraction of sp³-hybridized carbons (Fsp3) is 0.887. The van der Waals surface area contributed by atoms with Crippen LogP contribution in [-0.2, 0) is 10.2 Å². The van der Waals surface area contributed by atoms with Crippen molar-refractivity contribution in [3.05, 3.63) is 23.8 Å². The molecule has 1 aromatic rings. The Morgan fingerprint density at radius 1 is 0.364 bits per heavy atom. The van der Waals surface area contributed by atoms with Gasteiger partial charge < -0.3 is 14.6 Å². The van der Waals surface area contributed by atoms with E-state index in [1.165, 1.54) is 270 Å². The van der Waals surface area contributed by atoms with E-state index in [4.69, 9.17) is 9.47 Å². The van der Waals surface area contributed by atoms with Gasteiger partial charge in [0, 0.05) is 0 Å². The molecule has 4 heteroatoms.